The SMILES string of the molecule is O=C(O)C(O)c1cncc(F)c1I. The van der Waals surface area contributed by atoms with E-state index in [9.17, 15) is 9.18 Å². The average Bonchev–Trinajstić information content (AvgIpc) is 2.08. The minimum absolute atomic E-state index is 0.0342. The number of aromatic nitrogens is 1. The molecule has 4 nitrogen and oxygen atoms in total. The molecule has 1 aromatic rings. The molecule has 0 aliphatic rings. The van der Waals surface area contributed by atoms with Crippen molar-refractivity contribution < 1.29 is 19.4 Å². The van der Waals surface area contributed by atoms with E-state index in [4.69, 9.17) is 10.2 Å². The van der Waals surface area contributed by atoms with E-state index in [0.717, 1.165) is 12.4 Å². The predicted molar refractivity (Wildman–Crippen MR) is 49.5 cm³/mol. The van der Waals surface area contributed by atoms with Crippen LogP contribution in [0.3, 0.4) is 0 Å². The van der Waals surface area contributed by atoms with Crippen molar-refractivity contribution in [1.82, 2.24) is 4.98 Å². The Bertz CT molecular complexity index is 345. The quantitative estimate of drug-likeness (QED) is 0.797. The lowest BCUT2D eigenvalue weighted by Gasteiger charge is -2.07. The summed E-state index contributed by atoms with van der Waals surface area (Å²) in [6.45, 7) is 0. The summed E-state index contributed by atoms with van der Waals surface area (Å²) in [5.74, 6) is -2.07. The van der Waals surface area contributed by atoms with Crippen molar-refractivity contribution in [3.63, 3.8) is 0 Å². The topological polar surface area (TPSA) is 70.4 Å². The van der Waals surface area contributed by atoms with E-state index in [1.807, 2.05) is 0 Å². The number of rotatable bonds is 2. The first-order valence-electron chi connectivity index (χ1n) is 3.23. The number of aliphatic hydroxyl groups is 1. The van der Waals surface area contributed by atoms with Gasteiger partial charge in [0.25, 0.3) is 0 Å². The minimum Gasteiger partial charge on any atom is -0.479 e. The molecule has 6 heteroatoms. The number of nitrogens with zero attached hydrogens (tertiary/aromatic N) is 1. The van der Waals surface area contributed by atoms with Gasteiger partial charge in [0.05, 0.1) is 9.77 Å². The van der Waals surface area contributed by atoms with Gasteiger partial charge in [-0.2, -0.15) is 0 Å². The molecule has 1 unspecified atom stereocenters. The number of hydrogen-bond donors (Lipinski definition) is 2. The molecular formula is C7H5FINO3. The highest BCUT2D eigenvalue weighted by Gasteiger charge is 2.20. The number of pyridine rings is 1. The molecule has 1 heterocycles. The molecule has 0 spiro atoms. The van der Waals surface area contributed by atoms with Gasteiger partial charge in [-0.15, -0.1) is 0 Å². The van der Waals surface area contributed by atoms with Crippen LogP contribution >= 0.6 is 22.6 Å². The fraction of sp³-hybridized carbons (Fsp3) is 0.143. The molecule has 0 amide bonds. The van der Waals surface area contributed by atoms with Crippen molar-refractivity contribution in [3.05, 3.63) is 27.3 Å². The van der Waals surface area contributed by atoms with Gasteiger partial charge in [0.1, 0.15) is 0 Å². The summed E-state index contributed by atoms with van der Waals surface area (Å²) in [6, 6.07) is 0. The number of hydrogen-bond acceptors (Lipinski definition) is 3. The summed E-state index contributed by atoms with van der Waals surface area (Å²) in [5.41, 5.74) is -0.0342. The van der Waals surface area contributed by atoms with E-state index in [2.05, 4.69) is 4.98 Å². The fourth-order valence-corrected chi connectivity index (χ4v) is 1.33. The second kappa shape index (κ2) is 3.97. The first-order valence-corrected chi connectivity index (χ1v) is 4.31. The summed E-state index contributed by atoms with van der Waals surface area (Å²) in [5, 5.41) is 17.5. The van der Waals surface area contributed by atoms with Gasteiger partial charge in [-0.1, -0.05) is 0 Å². The van der Waals surface area contributed by atoms with Crippen LogP contribution < -0.4 is 0 Å². The van der Waals surface area contributed by atoms with Gasteiger partial charge in [-0.3, -0.25) is 4.98 Å². The molecule has 0 fully saturated rings. The Hall–Kier alpha value is -0.760. The Morgan fingerprint density at radius 3 is 2.77 bits per heavy atom. The Labute approximate surface area is 86.6 Å². The predicted octanol–water partition coefficient (Wildman–Crippen LogP) is 0.943. The van der Waals surface area contributed by atoms with Gasteiger partial charge in [0, 0.05) is 11.8 Å². The Morgan fingerprint density at radius 2 is 2.23 bits per heavy atom. The van der Waals surface area contributed by atoms with E-state index in [1.165, 1.54) is 0 Å². The lowest BCUT2D eigenvalue weighted by Crippen LogP contribution is -2.13. The number of carboxylic acid groups (broad SMARTS) is 1. The van der Waals surface area contributed by atoms with Crippen molar-refractivity contribution in [2.45, 2.75) is 6.10 Å². The average molecular weight is 297 g/mol. The summed E-state index contributed by atoms with van der Waals surface area (Å²) < 4.78 is 12.9. The van der Waals surface area contributed by atoms with Crippen LogP contribution in [-0.4, -0.2) is 21.2 Å². The minimum atomic E-state index is -1.73. The molecule has 0 saturated carbocycles. The first kappa shape index (κ1) is 10.3. The lowest BCUT2D eigenvalue weighted by molar-refractivity contribution is -0.147. The van der Waals surface area contributed by atoms with E-state index in [1.54, 1.807) is 22.6 Å². The van der Waals surface area contributed by atoms with Gasteiger partial charge < -0.3 is 10.2 Å². The van der Waals surface area contributed by atoms with Crippen molar-refractivity contribution >= 4 is 28.6 Å². The molecule has 0 aliphatic heterocycles. The third-order valence-corrected chi connectivity index (χ3v) is 2.53. The van der Waals surface area contributed by atoms with Gasteiger partial charge >= 0.3 is 5.97 Å². The monoisotopic (exact) mass is 297 g/mol. The van der Waals surface area contributed by atoms with Crippen molar-refractivity contribution in [3.8, 4) is 0 Å². The molecule has 1 aromatic heterocycles. The highest BCUT2D eigenvalue weighted by Crippen LogP contribution is 2.21. The zero-order valence-corrected chi connectivity index (χ0v) is 8.40. The van der Waals surface area contributed by atoms with E-state index in [0.29, 0.717) is 0 Å². The Morgan fingerprint density at radius 1 is 1.62 bits per heavy atom. The number of carbonyl (C=O) groups is 1. The lowest BCUT2D eigenvalue weighted by atomic mass is 10.2. The van der Waals surface area contributed by atoms with E-state index >= 15 is 0 Å². The zero-order valence-electron chi connectivity index (χ0n) is 6.24. The highest BCUT2D eigenvalue weighted by molar-refractivity contribution is 14.1. The van der Waals surface area contributed by atoms with Crippen LogP contribution in [0.25, 0.3) is 0 Å². The molecule has 70 valence electrons. The van der Waals surface area contributed by atoms with Crippen molar-refractivity contribution in [2.75, 3.05) is 0 Å². The maximum absolute atomic E-state index is 12.8. The van der Waals surface area contributed by atoms with E-state index in [-0.39, 0.29) is 9.13 Å². The zero-order chi connectivity index (χ0) is 10.0. The summed E-state index contributed by atoms with van der Waals surface area (Å²) >= 11 is 1.62. The second-order valence-electron chi connectivity index (χ2n) is 2.27. The standard InChI is InChI=1S/C7H5FINO3/c8-4-2-10-1-3(5(4)9)6(11)7(12)13/h1-2,6,11H,(H,12,13). The molecule has 0 aliphatic carbocycles. The van der Waals surface area contributed by atoms with Crippen LogP contribution in [0.1, 0.15) is 11.7 Å². The van der Waals surface area contributed by atoms with Crippen LogP contribution in [0.2, 0.25) is 0 Å². The van der Waals surface area contributed by atoms with Crippen LogP contribution in [-0.2, 0) is 4.79 Å². The third-order valence-electron chi connectivity index (χ3n) is 1.39. The summed E-state index contributed by atoms with van der Waals surface area (Å²) in [4.78, 5) is 13.8. The number of halogens is 2. The second-order valence-corrected chi connectivity index (χ2v) is 3.34. The molecule has 1 atom stereocenters. The molecule has 0 saturated heterocycles. The molecule has 1 rings (SSSR count). The molecule has 0 bridgehead atoms. The smallest absolute Gasteiger partial charge is 0.337 e. The normalized spacial score (nSPS) is 12.5. The third kappa shape index (κ3) is 2.13. The van der Waals surface area contributed by atoms with Crippen LogP contribution in [0.4, 0.5) is 4.39 Å². The molecule has 13 heavy (non-hydrogen) atoms. The number of carboxylic acids is 1. The fourth-order valence-electron chi connectivity index (χ4n) is 0.758. The molecule has 0 aromatic carbocycles. The van der Waals surface area contributed by atoms with Crippen LogP contribution in [0, 0.1) is 9.39 Å². The first-order chi connectivity index (χ1) is 6.04. The van der Waals surface area contributed by atoms with Gasteiger partial charge in [-0.05, 0) is 22.6 Å². The molecular weight excluding hydrogens is 292 g/mol. The van der Waals surface area contributed by atoms with Gasteiger partial charge in [0.15, 0.2) is 11.9 Å². The maximum Gasteiger partial charge on any atom is 0.337 e. The molecule has 2 N–H and O–H groups in total. The number of aliphatic carboxylic acids is 1. The van der Waals surface area contributed by atoms with Crippen molar-refractivity contribution in [1.29, 1.82) is 0 Å². The molecule has 0 radical (unpaired) electrons. The summed E-state index contributed by atoms with van der Waals surface area (Å²) in [6.07, 6.45) is 0.360. The maximum atomic E-state index is 12.8. The number of aliphatic hydroxyl groups excluding tert-OH is 1. The van der Waals surface area contributed by atoms with Crippen molar-refractivity contribution in [2.24, 2.45) is 0 Å². The van der Waals surface area contributed by atoms with Crippen LogP contribution in [0.15, 0.2) is 12.4 Å². The van der Waals surface area contributed by atoms with E-state index < -0.39 is 17.9 Å². The Kier molecular flexibility index (Phi) is 3.15. The van der Waals surface area contributed by atoms with Gasteiger partial charge in [-0.25, -0.2) is 9.18 Å². The van der Waals surface area contributed by atoms with Crippen LogP contribution in [0.5, 0.6) is 0 Å². The highest BCUT2D eigenvalue weighted by atomic mass is 127. The largest absolute Gasteiger partial charge is 0.479 e. The summed E-state index contributed by atoms with van der Waals surface area (Å²) in [7, 11) is 0. The van der Waals surface area contributed by atoms with Gasteiger partial charge in [0.2, 0.25) is 0 Å². The Balaban J connectivity index is 3.15.